The fraction of sp³-hybridized carbons (Fsp3) is 0. The van der Waals surface area contributed by atoms with Crippen LogP contribution < -0.4 is 11.3 Å². The van der Waals surface area contributed by atoms with Gasteiger partial charge in [-0.05, 0) is 0 Å². The van der Waals surface area contributed by atoms with Crippen LogP contribution >= 0.6 is 0 Å². The van der Waals surface area contributed by atoms with Gasteiger partial charge in [0.25, 0.3) is 5.56 Å². The number of rotatable bonds is 0. The quantitative estimate of drug-likeness (QED) is 0.460. The molecule has 0 saturated heterocycles. The van der Waals surface area contributed by atoms with Crippen LogP contribution in [-0.4, -0.2) is 19.9 Å². The number of nitrogens with one attached hydrogen (secondary N) is 2. The van der Waals surface area contributed by atoms with Gasteiger partial charge in [0.05, 0.1) is 6.33 Å². The molecule has 0 amide bonds. The molecule has 2 rings (SSSR count). The monoisotopic (exact) mass is 151 g/mol. The van der Waals surface area contributed by atoms with Gasteiger partial charge in [-0.25, -0.2) is 9.97 Å². The van der Waals surface area contributed by atoms with Crippen LogP contribution in [0.1, 0.15) is 0 Å². The van der Waals surface area contributed by atoms with Crippen LogP contribution in [0.5, 0.6) is 0 Å². The van der Waals surface area contributed by atoms with Gasteiger partial charge in [-0.15, -0.1) is 0 Å². The predicted octanol–water partition coefficient (Wildman–Crippen LogP) is -0.772. The minimum Gasteiger partial charge on any atom is -0.379 e. The van der Waals surface area contributed by atoms with E-state index in [0.29, 0.717) is 11.3 Å². The third-order valence-electron chi connectivity index (χ3n) is 1.32. The molecule has 0 atom stereocenters. The molecule has 0 aliphatic rings. The molecule has 6 nitrogen and oxygen atoms in total. The fourth-order valence-corrected chi connectivity index (χ4v) is 0.807. The number of hydrogen-bond donors (Lipinski definition) is 3. The predicted molar refractivity (Wildman–Crippen MR) is 38.9 cm³/mol. The molecule has 0 unspecified atom stereocenters. The van der Waals surface area contributed by atoms with E-state index < -0.39 is 5.56 Å². The number of nitrogens with two attached hydrogens (primary N) is 1. The molecule has 0 bridgehead atoms. The summed E-state index contributed by atoms with van der Waals surface area (Å²) in [6.45, 7) is 0. The second kappa shape index (κ2) is 1.82. The standard InChI is InChI=1S/C5H5N5O/c6-2-5(11)10-4-3(9-2)7-1-8-4/h1H,(H4,6,7,8,9,10,11). The van der Waals surface area contributed by atoms with E-state index in [0.717, 1.165) is 0 Å². The first-order valence-electron chi connectivity index (χ1n) is 2.96. The van der Waals surface area contributed by atoms with Crippen molar-refractivity contribution >= 4 is 17.1 Å². The summed E-state index contributed by atoms with van der Waals surface area (Å²) in [5.41, 5.74) is 5.74. The number of anilines is 1. The molecular formula is C5H5N5O. The highest BCUT2D eigenvalue weighted by atomic mass is 16.1. The Morgan fingerprint density at radius 1 is 1.45 bits per heavy atom. The second-order valence-electron chi connectivity index (χ2n) is 2.05. The zero-order valence-electron chi connectivity index (χ0n) is 5.46. The summed E-state index contributed by atoms with van der Waals surface area (Å²) in [4.78, 5) is 23.5. The second-order valence-corrected chi connectivity index (χ2v) is 2.05. The third-order valence-corrected chi connectivity index (χ3v) is 1.32. The van der Waals surface area contributed by atoms with E-state index in [1.807, 2.05) is 0 Å². The van der Waals surface area contributed by atoms with E-state index in [-0.39, 0.29) is 5.82 Å². The van der Waals surface area contributed by atoms with Crippen molar-refractivity contribution in [2.75, 3.05) is 5.73 Å². The van der Waals surface area contributed by atoms with Crippen LogP contribution in [0.4, 0.5) is 5.82 Å². The summed E-state index contributed by atoms with van der Waals surface area (Å²) in [6, 6.07) is 0. The zero-order valence-corrected chi connectivity index (χ0v) is 5.46. The Morgan fingerprint density at radius 2 is 2.27 bits per heavy atom. The fourth-order valence-electron chi connectivity index (χ4n) is 0.807. The molecule has 4 N–H and O–H groups in total. The molecule has 0 radical (unpaired) electrons. The lowest BCUT2D eigenvalue weighted by Crippen LogP contribution is -2.13. The van der Waals surface area contributed by atoms with Crippen molar-refractivity contribution in [2.45, 2.75) is 0 Å². The molecule has 6 heteroatoms. The smallest absolute Gasteiger partial charge is 0.292 e. The van der Waals surface area contributed by atoms with Gasteiger partial charge >= 0.3 is 0 Å². The van der Waals surface area contributed by atoms with Gasteiger partial charge in [0.1, 0.15) is 0 Å². The van der Waals surface area contributed by atoms with Gasteiger partial charge in [-0.1, -0.05) is 0 Å². The highest BCUT2D eigenvalue weighted by molar-refractivity contribution is 5.65. The summed E-state index contributed by atoms with van der Waals surface area (Å²) in [5.74, 6) is -0.0539. The highest BCUT2D eigenvalue weighted by Gasteiger charge is 2.00. The molecule has 0 aliphatic carbocycles. The summed E-state index contributed by atoms with van der Waals surface area (Å²) in [6.07, 6.45) is 1.44. The largest absolute Gasteiger partial charge is 0.379 e. The van der Waals surface area contributed by atoms with Gasteiger partial charge in [-0.2, -0.15) is 0 Å². The Bertz CT molecular complexity index is 441. The summed E-state index contributed by atoms with van der Waals surface area (Å²) in [7, 11) is 0. The van der Waals surface area contributed by atoms with Gasteiger partial charge in [0, 0.05) is 0 Å². The van der Waals surface area contributed by atoms with E-state index in [2.05, 4.69) is 19.9 Å². The van der Waals surface area contributed by atoms with E-state index >= 15 is 0 Å². The number of imidazole rings is 1. The van der Waals surface area contributed by atoms with E-state index in [1.54, 1.807) is 0 Å². The molecule has 2 aromatic rings. The number of nitrogen functional groups attached to an aromatic ring is 1. The number of nitrogens with zero attached hydrogens (tertiary/aromatic N) is 2. The van der Waals surface area contributed by atoms with Crippen LogP contribution in [0.3, 0.4) is 0 Å². The average Bonchev–Trinajstić information content (AvgIpc) is 2.36. The van der Waals surface area contributed by atoms with Crippen molar-refractivity contribution in [3.8, 4) is 0 Å². The first kappa shape index (κ1) is 5.90. The molecule has 56 valence electrons. The normalized spacial score (nSPS) is 10.5. The summed E-state index contributed by atoms with van der Waals surface area (Å²) >= 11 is 0. The van der Waals surface area contributed by atoms with Gasteiger partial charge in [-0.3, -0.25) is 4.79 Å². The first-order valence-corrected chi connectivity index (χ1v) is 2.96. The van der Waals surface area contributed by atoms with Crippen molar-refractivity contribution < 1.29 is 0 Å². The highest BCUT2D eigenvalue weighted by Crippen LogP contribution is 1.98. The molecule has 0 saturated carbocycles. The lowest BCUT2D eigenvalue weighted by atomic mass is 10.6. The number of aromatic amines is 2. The Hall–Kier alpha value is -1.85. The maximum Gasteiger partial charge on any atom is 0.292 e. The molecule has 2 aromatic heterocycles. The van der Waals surface area contributed by atoms with Gasteiger partial charge in [0.2, 0.25) is 0 Å². The van der Waals surface area contributed by atoms with Crippen LogP contribution in [0.2, 0.25) is 0 Å². The van der Waals surface area contributed by atoms with Crippen LogP contribution in [0, 0.1) is 0 Å². The number of fused-ring (bicyclic) bond motifs is 1. The van der Waals surface area contributed by atoms with Gasteiger partial charge < -0.3 is 15.7 Å². The van der Waals surface area contributed by atoms with Crippen molar-refractivity contribution in [3.05, 3.63) is 16.7 Å². The van der Waals surface area contributed by atoms with Crippen molar-refractivity contribution in [1.82, 2.24) is 19.9 Å². The van der Waals surface area contributed by atoms with E-state index in [1.165, 1.54) is 6.33 Å². The van der Waals surface area contributed by atoms with E-state index in [9.17, 15) is 4.79 Å². The van der Waals surface area contributed by atoms with Crippen LogP contribution in [-0.2, 0) is 0 Å². The average molecular weight is 151 g/mol. The van der Waals surface area contributed by atoms with Crippen molar-refractivity contribution in [2.24, 2.45) is 0 Å². The lowest BCUT2D eigenvalue weighted by molar-refractivity contribution is 1.20. The lowest BCUT2D eigenvalue weighted by Gasteiger charge is -1.88. The van der Waals surface area contributed by atoms with Gasteiger partial charge in [0.15, 0.2) is 17.1 Å². The van der Waals surface area contributed by atoms with E-state index in [4.69, 9.17) is 5.73 Å². The summed E-state index contributed by atoms with van der Waals surface area (Å²) < 4.78 is 0. The zero-order chi connectivity index (χ0) is 7.84. The maximum atomic E-state index is 10.8. The molecular weight excluding hydrogens is 146 g/mol. The molecule has 0 spiro atoms. The maximum absolute atomic E-state index is 10.8. The van der Waals surface area contributed by atoms with Crippen LogP contribution in [0.25, 0.3) is 11.3 Å². The minimum absolute atomic E-state index is 0.0539. The minimum atomic E-state index is -0.412. The Kier molecular flexibility index (Phi) is 0.974. The topological polar surface area (TPSA) is 100 Å². The van der Waals surface area contributed by atoms with Crippen molar-refractivity contribution in [3.63, 3.8) is 0 Å². The molecule has 0 fully saturated rings. The van der Waals surface area contributed by atoms with Crippen LogP contribution in [0.15, 0.2) is 11.1 Å². The Morgan fingerprint density at radius 3 is 3.09 bits per heavy atom. The molecule has 2 heterocycles. The summed E-state index contributed by atoms with van der Waals surface area (Å²) in [5, 5.41) is 0. The Labute approximate surface area is 60.5 Å². The third kappa shape index (κ3) is 0.759. The Balaban J connectivity index is 2.97. The molecule has 0 aromatic carbocycles. The van der Waals surface area contributed by atoms with Crippen molar-refractivity contribution in [1.29, 1.82) is 0 Å². The number of aromatic nitrogens is 4. The SMILES string of the molecule is Nc1nc2[nH]cnc2[nH]c1=O. The molecule has 0 aliphatic heterocycles. The number of hydrogen-bond acceptors (Lipinski definition) is 4. The first-order chi connectivity index (χ1) is 5.27. The number of H-pyrrole nitrogens is 2. The molecule has 11 heavy (non-hydrogen) atoms.